The van der Waals surface area contributed by atoms with E-state index in [0.29, 0.717) is 0 Å². The molecule has 8 nitrogen and oxygen atoms in total. The molecule has 0 radical (unpaired) electrons. The molecule has 0 saturated heterocycles. The van der Waals surface area contributed by atoms with Crippen molar-refractivity contribution in [1.29, 1.82) is 0 Å². The van der Waals surface area contributed by atoms with Crippen LogP contribution in [0.4, 0.5) is 4.79 Å². The number of primary amides is 2. The molecule has 0 aromatic heterocycles. The molecule has 0 fully saturated rings. The molecule has 2 aromatic carbocycles. The molecule has 31 heavy (non-hydrogen) atoms. The molecule has 0 unspecified atom stereocenters. The summed E-state index contributed by atoms with van der Waals surface area (Å²) in [5, 5.41) is 12.4. The molecule has 0 aliphatic carbocycles. The summed E-state index contributed by atoms with van der Waals surface area (Å²) in [7, 11) is 0. The van der Waals surface area contributed by atoms with E-state index in [0.717, 1.165) is 16.7 Å². The number of carbonyl (C=O) groups is 3. The molecule has 2 aromatic rings. The third kappa shape index (κ3) is 7.42. The Labute approximate surface area is 182 Å². The quantitative estimate of drug-likeness (QED) is 0.454. The van der Waals surface area contributed by atoms with Gasteiger partial charge in [0.2, 0.25) is 11.8 Å². The lowest BCUT2D eigenvalue weighted by molar-refractivity contribution is -0.126. The van der Waals surface area contributed by atoms with Crippen LogP contribution in [-0.4, -0.2) is 53.1 Å². The van der Waals surface area contributed by atoms with Gasteiger partial charge in [-0.15, -0.1) is 0 Å². The van der Waals surface area contributed by atoms with Crippen molar-refractivity contribution in [1.82, 2.24) is 10.2 Å². The van der Waals surface area contributed by atoms with Crippen molar-refractivity contribution in [3.8, 4) is 11.1 Å². The van der Waals surface area contributed by atoms with Gasteiger partial charge in [0.15, 0.2) is 0 Å². The molecule has 166 valence electrons. The largest absolute Gasteiger partial charge is 0.381 e. The van der Waals surface area contributed by atoms with Gasteiger partial charge in [0, 0.05) is 13.0 Å². The van der Waals surface area contributed by atoms with Crippen molar-refractivity contribution in [2.75, 3.05) is 13.1 Å². The fourth-order valence-electron chi connectivity index (χ4n) is 3.14. The molecule has 0 heterocycles. The smallest absolute Gasteiger partial charge is 0.318 e. The van der Waals surface area contributed by atoms with Crippen molar-refractivity contribution in [3.63, 3.8) is 0 Å². The first-order valence-corrected chi connectivity index (χ1v) is 10.1. The lowest BCUT2D eigenvalue weighted by Crippen LogP contribution is -2.54. The second-order valence-electron chi connectivity index (χ2n) is 7.89. The van der Waals surface area contributed by atoms with Crippen LogP contribution in [0.1, 0.15) is 19.4 Å². The van der Waals surface area contributed by atoms with E-state index in [9.17, 15) is 19.5 Å². The second-order valence-corrected chi connectivity index (χ2v) is 7.89. The number of nitrogens with zero attached hydrogens (tertiary/aromatic N) is 1. The molecular weight excluding hydrogens is 396 g/mol. The van der Waals surface area contributed by atoms with Crippen molar-refractivity contribution < 1.29 is 19.5 Å². The standard InChI is InChI=1S/C23H30N4O4/c1-15(2)13-27(14-20(28)22(25)30)23(31)26-19(21(24)29)12-16-8-10-18(11-9-16)17-6-4-3-5-7-17/h3-11,15,19-20,28H,12-14H2,1-2H3,(H2,24,29)(H2,25,30)(H,26,31)/t19-,20-/m0/s1. The minimum Gasteiger partial charge on any atom is -0.381 e. The normalized spacial score (nSPS) is 12.8. The zero-order valence-electron chi connectivity index (χ0n) is 17.8. The summed E-state index contributed by atoms with van der Waals surface area (Å²) in [4.78, 5) is 37.1. The van der Waals surface area contributed by atoms with Gasteiger partial charge in [-0.3, -0.25) is 9.59 Å². The molecule has 2 rings (SSSR count). The monoisotopic (exact) mass is 426 g/mol. The Kier molecular flexibility index (Phi) is 8.57. The minimum absolute atomic E-state index is 0.0726. The van der Waals surface area contributed by atoms with E-state index < -0.39 is 30.0 Å². The van der Waals surface area contributed by atoms with Gasteiger partial charge in [0.1, 0.15) is 12.1 Å². The number of hydrogen-bond donors (Lipinski definition) is 4. The van der Waals surface area contributed by atoms with Gasteiger partial charge in [-0.05, 0) is 22.6 Å². The molecule has 8 heteroatoms. The topological polar surface area (TPSA) is 139 Å². The molecule has 0 bridgehead atoms. The maximum absolute atomic E-state index is 12.7. The summed E-state index contributed by atoms with van der Waals surface area (Å²) in [6.45, 7) is 3.78. The first-order valence-electron chi connectivity index (χ1n) is 10.1. The van der Waals surface area contributed by atoms with Crippen LogP contribution in [0.5, 0.6) is 0 Å². The number of aliphatic hydroxyl groups is 1. The van der Waals surface area contributed by atoms with E-state index in [1.165, 1.54) is 4.90 Å². The molecule has 2 atom stereocenters. The lowest BCUT2D eigenvalue weighted by atomic mass is 10.0. The zero-order chi connectivity index (χ0) is 23.0. The maximum atomic E-state index is 12.7. The first kappa shape index (κ1) is 23.9. The van der Waals surface area contributed by atoms with Gasteiger partial charge < -0.3 is 26.8 Å². The summed E-state index contributed by atoms with van der Waals surface area (Å²) in [5.74, 6) is -1.53. The van der Waals surface area contributed by atoms with Gasteiger partial charge in [-0.2, -0.15) is 0 Å². The van der Waals surface area contributed by atoms with Crippen LogP contribution in [0, 0.1) is 5.92 Å². The molecule has 0 aliphatic rings. The van der Waals surface area contributed by atoms with Crippen molar-refractivity contribution in [2.24, 2.45) is 17.4 Å². The number of nitrogens with one attached hydrogen (secondary N) is 1. The summed E-state index contributed by atoms with van der Waals surface area (Å²) >= 11 is 0. The average molecular weight is 427 g/mol. The van der Waals surface area contributed by atoms with Gasteiger partial charge >= 0.3 is 6.03 Å². The van der Waals surface area contributed by atoms with Crippen LogP contribution in [0.3, 0.4) is 0 Å². The molecule has 4 amide bonds. The lowest BCUT2D eigenvalue weighted by Gasteiger charge is -2.28. The summed E-state index contributed by atoms with van der Waals surface area (Å²) in [6.07, 6.45) is -1.29. The van der Waals surface area contributed by atoms with E-state index in [2.05, 4.69) is 5.32 Å². The molecule has 0 spiro atoms. The van der Waals surface area contributed by atoms with E-state index in [1.807, 2.05) is 68.4 Å². The van der Waals surface area contributed by atoms with Crippen LogP contribution in [0.2, 0.25) is 0 Å². The predicted octanol–water partition coefficient (Wildman–Crippen LogP) is 1.26. The summed E-state index contributed by atoms with van der Waals surface area (Å²) in [6, 6.07) is 16.0. The Morgan fingerprint density at radius 2 is 1.48 bits per heavy atom. The Morgan fingerprint density at radius 1 is 0.903 bits per heavy atom. The molecule has 0 saturated carbocycles. The van der Waals surface area contributed by atoms with Crippen molar-refractivity contribution in [3.05, 3.63) is 60.2 Å². The first-order chi connectivity index (χ1) is 14.7. The third-order valence-corrected chi connectivity index (χ3v) is 4.74. The SMILES string of the molecule is CC(C)CN(C[C@H](O)C(N)=O)C(=O)N[C@@H](Cc1ccc(-c2ccccc2)cc1)C(N)=O. The number of urea groups is 1. The number of aliphatic hydroxyl groups excluding tert-OH is 1. The predicted molar refractivity (Wildman–Crippen MR) is 119 cm³/mol. The molecular formula is C23H30N4O4. The van der Waals surface area contributed by atoms with Crippen LogP contribution >= 0.6 is 0 Å². The van der Waals surface area contributed by atoms with Crippen LogP contribution in [-0.2, 0) is 16.0 Å². The molecule has 0 aliphatic heterocycles. The molecule has 6 N–H and O–H groups in total. The van der Waals surface area contributed by atoms with Gasteiger partial charge in [0.25, 0.3) is 0 Å². The van der Waals surface area contributed by atoms with Crippen LogP contribution in [0.15, 0.2) is 54.6 Å². The van der Waals surface area contributed by atoms with Gasteiger partial charge in [-0.1, -0.05) is 68.4 Å². The highest BCUT2D eigenvalue weighted by Crippen LogP contribution is 2.19. The number of carbonyl (C=O) groups excluding carboxylic acids is 3. The average Bonchev–Trinajstić information content (AvgIpc) is 2.73. The fraction of sp³-hybridized carbons (Fsp3) is 0.348. The van der Waals surface area contributed by atoms with Gasteiger partial charge in [-0.25, -0.2) is 4.79 Å². The summed E-state index contributed by atoms with van der Waals surface area (Å²) < 4.78 is 0. The minimum atomic E-state index is -1.50. The Morgan fingerprint density at radius 3 is 2.00 bits per heavy atom. The van der Waals surface area contributed by atoms with Gasteiger partial charge in [0.05, 0.1) is 6.54 Å². The van der Waals surface area contributed by atoms with E-state index >= 15 is 0 Å². The second kappa shape index (κ2) is 11.1. The zero-order valence-corrected chi connectivity index (χ0v) is 17.8. The van der Waals surface area contributed by atoms with Crippen LogP contribution < -0.4 is 16.8 Å². The number of amides is 4. The highest BCUT2D eigenvalue weighted by atomic mass is 16.3. The number of rotatable bonds is 10. The number of benzene rings is 2. The Hall–Kier alpha value is -3.39. The number of nitrogens with two attached hydrogens (primary N) is 2. The maximum Gasteiger partial charge on any atom is 0.318 e. The van der Waals surface area contributed by atoms with Crippen molar-refractivity contribution >= 4 is 17.8 Å². The highest BCUT2D eigenvalue weighted by Gasteiger charge is 2.25. The van der Waals surface area contributed by atoms with E-state index in [-0.39, 0.29) is 25.4 Å². The summed E-state index contributed by atoms with van der Waals surface area (Å²) in [5.41, 5.74) is 13.5. The van der Waals surface area contributed by atoms with Crippen LogP contribution in [0.25, 0.3) is 11.1 Å². The van der Waals surface area contributed by atoms with E-state index in [1.54, 1.807) is 0 Å². The highest BCUT2D eigenvalue weighted by molar-refractivity contribution is 5.86. The van der Waals surface area contributed by atoms with E-state index in [4.69, 9.17) is 11.5 Å². The Balaban J connectivity index is 2.09. The fourth-order valence-corrected chi connectivity index (χ4v) is 3.14. The third-order valence-electron chi connectivity index (χ3n) is 4.74. The Bertz CT molecular complexity index is 884. The number of hydrogen-bond acceptors (Lipinski definition) is 4. The van der Waals surface area contributed by atoms with Crippen molar-refractivity contribution in [2.45, 2.75) is 32.4 Å².